The van der Waals surface area contributed by atoms with Gasteiger partial charge in [0.05, 0.1) is 18.3 Å². The zero-order valence-electron chi connectivity index (χ0n) is 11.0. The van der Waals surface area contributed by atoms with E-state index in [-0.39, 0.29) is 12.6 Å². The lowest BCUT2D eigenvalue weighted by molar-refractivity contribution is -0.148. The molecule has 6 heteroatoms. The van der Waals surface area contributed by atoms with Crippen molar-refractivity contribution in [3.63, 3.8) is 0 Å². The lowest BCUT2D eigenvalue weighted by Crippen LogP contribution is -2.64. The number of benzene rings is 1. The second-order valence-electron chi connectivity index (χ2n) is 4.75. The molecule has 1 fully saturated rings. The molecular formula is C14H15N3O3. The molecule has 104 valence electrons. The number of carbonyl (C=O) groups is 2. The molecule has 0 aromatic heterocycles. The van der Waals surface area contributed by atoms with E-state index in [2.05, 4.69) is 22.5 Å². The van der Waals surface area contributed by atoms with Gasteiger partial charge in [-0.15, -0.1) is 0 Å². The number of ether oxygens (including phenoxy) is 1. The molecule has 0 aliphatic carbocycles. The van der Waals surface area contributed by atoms with Gasteiger partial charge in [0.2, 0.25) is 5.54 Å². The summed E-state index contributed by atoms with van der Waals surface area (Å²) in [6, 6.07) is 6.54. The van der Waals surface area contributed by atoms with Gasteiger partial charge in [-0.05, 0) is 13.0 Å². The van der Waals surface area contributed by atoms with Crippen molar-refractivity contribution < 1.29 is 14.3 Å². The van der Waals surface area contributed by atoms with Crippen molar-refractivity contribution in [3.05, 3.63) is 42.1 Å². The van der Waals surface area contributed by atoms with E-state index in [9.17, 15) is 9.59 Å². The van der Waals surface area contributed by atoms with Crippen LogP contribution in [0.4, 0.5) is 10.5 Å². The molecule has 20 heavy (non-hydrogen) atoms. The molecule has 1 aromatic carbocycles. The Labute approximate surface area is 116 Å². The maximum atomic E-state index is 12.5. The molecule has 2 atom stereocenters. The summed E-state index contributed by atoms with van der Waals surface area (Å²) in [5, 5.41) is 8.48. The van der Waals surface area contributed by atoms with Gasteiger partial charge >= 0.3 is 12.0 Å². The van der Waals surface area contributed by atoms with Crippen LogP contribution in [0.5, 0.6) is 0 Å². The Hall–Kier alpha value is -2.50. The van der Waals surface area contributed by atoms with E-state index >= 15 is 0 Å². The molecule has 2 heterocycles. The predicted octanol–water partition coefficient (Wildman–Crippen LogP) is 1.28. The maximum absolute atomic E-state index is 12.5. The van der Waals surface area contributed by atoms with Gasteiger partial charge in [-0.3, -0.25) is 0 Å². The van der Waals surface area contributed by atoms with Crippen LogP contribution in [0, 0.1) is 0 Å². The average Bonchev–Trinajstić information content (AvgIpc) is 2.75. The summed E-state index contributed by atoms with van der Waals surface area (Å²) in [6.07, 6.45) is 0. The van der Waals surface area contributed by atoms with E-state index in [1.54, 1.807) is 6.92 Å². The fourth-order valence-corrected chi connectivity index (χ4v) is 2.76. The largest absolute Gasteiger partial charge is 0.464 e. The van der Waals surface area contributed by atoms with Gasteiger partial charge in [-0.25, -0.2) is 9.59 Å². The average molecular weight is 273 g/mol. The van der Waals surface area contributed by atoms with Gasteiger partial charge in [-0.2, -0.15) is 0 Å². The first kappa shape index (κ1) is 12.5. The highest BCUT2D eigenvalue weighted by molar-refractivity contribution is 5.97. The van der Waals surface area contributed by atoms with Gasteiger partial charge in [0.1, 0.15) is 0 Å². The van der Waals surface area contributed by atoms with Crippen LogP contribution in [-0.2, 0) is 9.53 Å². The van der Waals surface area contributed by atoms with Crippen molar-refractivity contribution in [1.82, 2.24) is 10.6 Å². The molecule has 2 aliphatic heterocycles. The van der Waals surface area contributed by atoms with Crippen LogP contribution in [0.2, 0.25) is 0 Å². The summed E-state index contributed by atoms with van der Waals surface area (Å²) in [4.78, 5) is 24.1. The van der Waals surface area contributed by atoms with Crippen molar-refractivity contribution in [2.75, 3.05) is 11.9 Å². The third-order valence-electron chi connectivity index (χ3n) is 3.65. The summed E-state index contributed by atoms with van der Waals surface area (Å²) in [5.74, 6) is -0.460. The van der Waals surface area contributed by atoms with E-state index in [4.69, 9.17) is 4.74 Å². The highest BCUT2D eigenvalue weighted by atomic mass is 16.5. The molecule has 6 nitrogen and oxygen atoms in total. The van der Waals surface area contributed by atoms with E-state index in [0.717, 1.165) is 11.3 Å². The Morgan fingerprint density at radius 3 is 2.95 bits per heavy atom. The number of hydrogen-bond acceptors (Lipinski definition) is 4. The van der Waals surface area contributed by atoms with Crippen molar-refractivity contribution in [1.29, 1.82) is 0 Å². The van der Waals surface area contributed by atoms with Gasteiger partial charge in [0.25, 0.3) is 0 Å². The first-order chi connectivity index (χ1) is 9.59. The Morgan fingerprint density at radius 1 is 1.45 bits per heavy atom. The minimum absolute atomic E-state index is 0.257. The van der Waals surface area contributed by atoms with Gasteiger partial charge in [0, 0.05) is 11.3 Å². The normalized spacial score (nSPS) is 26.8. The lowest BCUT2D eigenvalue weighted by Gasteiger charge is -2.39. The van der Waals surface area contributed by atoms with Crippen LogP contribution >= 0.6 is 0 Å². The molecule has 1 aromatic rings. The zero-order chi connectivity index (χ0) is 14.3. The predicted molar refractivity (Wildman–Crippen MR) is 73.0 cm³/mol. The number of rotatable bonds is 2. The van der Waals surface area contributed by atoms with E-state index in [1.165, 1.54) is 0 Å². The molecule has 0 unspecified atom stereocenters. The minimum atomic E-state index is -1.20. The van der Waals surface area contributed by atoms with Gasteiger partial charge < -0.3 is 20.7 Å². The second-order valence-corrected chi connectivity index (χ2v) is 4.75. The van der Waals surface area contributed by atoms with Gasteiger partial charge in [-0.1, -0.05) is 24.8 Å². The number of hydrogen-bond donors (Lipinski definition) is 3. The molecule has 3 N–H and O–H groups in total. The minimum Gasteiger partial charge on any atom is -0.464 e. The summed E-state index contributed by atoms with van der Waals surface area (Å²) in [7, 11) is 0. The molecule has 3 rings (SSSR count). The quantitative estimate of drug-likeness (QED) is 0.709. The van der Waals surface area contributed by atoms with E-state index < -0.39 is 17.6 Å². The highest BCUT2D eigenvalue weighted by Crippen LogP contribution is 2.46. The Bertz CT molecular complexity index is 613. The summed E-state index contributed by atoms with van der Waals surface area (Å²) < 4.78 is 5.17. The van der Waals surface area contributed by atoms with Crippen LogP contribution in [0.25, 0.3) is 0 Å². The lowest BCUT2D eigenvalue weighted by atomic mass is 9.85. The molecular weight excluding hydrogens is 258 g/mol. The van der Waals surface area contributed by atoms with Crippen molar-refractivity contribution in [3.8, 4) is 0 Å². The first-order valence-corrected chi connectivity index (χ1v) is 6.41. The van der Waals surface area contributed by atoms with Crippen LogP contribution in [0.1, 0.15) is 18.5 Å². The van der Waals surface area contributed by atoms with Crippen molar-refractivity contribution >= 4 is 17.7 Å². The number of nitrogens with one attached hydrogen (secondary N) is 3. The molecule has 0 saturated carbocycles. The van der Waals surface area contributed by atoms with E-state index in [1.807, 2.05) is 24.3 Å². The molecule has 1 saturated heterocycles. The standard InChI is InChI=1S/C14H15N3O3/c1-3-20-12(18)14-8(2)15-13(19)16-11(14)9-6-4-5-7-10(9)17-14/h4-7,11,17H,2-3H2,1H3,(H2,15,16,19)/t11-,14-/m0/s1. The number of para-hydroxylation sites is 1. The third-order valence-corrected chi connectivity index (χ3v) is 3.65. The number of fused-ring (bicyclic) bond motifs is 3. The molecule has 2 amide bonds. The number of carbonyl (C=O) groups excluding carboxylic acids is 2. The molecule has 0 radical (unpaired) electrons. The number of urea groups is 1. The Balaban J connectivity index is 2.12. The molecule has 0 bridgehead atoms. The number of esters is 1. The summed E-state index contributed by atoms with van der Waals surface area (Å²) in [5.41, 5.74) is 0.723. The van der Waals surface area contributed by atoms with Crippen LogP contribution in [-0.4, -0.2) is 24.1 Å². The highest BCUT2D eigenvalue weighted by Gasteiger charge is 2.58. The Morgan fingerprint density at radius 2 is 2.20 bits per heavy atom. The first-order valence-electron chi connectivity index (χ1n) is 6.41. The topological polar surface area (TPSA) is 79.5 Å². The van der Waals surface area contributed by atoms with Gasteiger partial charge in [0.15, 0.2) is 0 Å². The molecule has 2 aliphatic rings. The number of amides is 2. The number of anilines is 1. The zero-order valence-corrected chi connectivity index (χ0v) is 11.0. The fraction of sp³-hybridized carbons (Fsp3) is 0.286. The van der Waals surface area contributed by atoms with Crippen molar-refractivity contribution in [2.24, 2.45) is 0 Å². The Kier molecular flexibility index (Phi) is 2.67. The third kappa shape index (κ3) is 1.51. The fourth-order valence-electron chi connectivity index (χ4n) is 2.76. The maximum Gasteiger partial charge on any atom is 0.340 e. The second kappa shape index (κ2) is 4.26. The van der Waals surface area contributed by atoms with Crippen molar-refractivity contribution in [2.45, 2.75) is 18.5 Å². The summed E-state index contributed by atoms with van der Waals surface area (Å²) in [6.45, 7) is 5.83. The van der Waals surface area contributed by atoms with Crippen LogP contribution in [0.15, 0.2) is 36.5 Å². The van der Waals surface area contributed by atoms with Crippen LogP contribution in [0.3, 0.4) is 0 Å². The monoisotopic (exact) mass is 273 g/mol. The summed E-state index contributed by atoms with van der Waals surface area (Å²) >= 11 is 0. The SMILES string of the molecule is C=C1NC(=O)N[C@H]2c3ccccc3N[C@@]12C(=O)OCC. The smallest absolute Gasteiger partial charge is 0.340 e. The van der Waals surface area contributed by atoms with E-state index in [0.29, 0.717) is 5.70 Å². The molecule has 0 spiro atoms. The van der Waals surface area contributed by atoms with Crippen LogP contribution < -0.4 is 16.0 Å².